The van der Waals surface area contributed by atoms with Gasteiger partial charge in [0.2, 0.25) is 0 Å². The van der Waals surface area contributed by atoms with E-state index < -0.39 is 0 Å². The van der Waals surface area contributed by atoms with Gasteiger partial charge in [-0.25, -0.2) is 4.98 Å². The number of rotatable bonds is 5. The van der Waals surface area contributed by atoms with Gasteiger partial charge >= 0.3 is 0 Å². The van der Waals surface area contributed by atoms with Crippen LogP contribution in [0.1, 0.15) is 5.56 Å². The highest BCUT2D eigenvalue weighted by Gasteiger charge is 2.03. The molecule has 2 N–H and O–H groups in total. The summed E-state index contributed by atoms with van der Waals surface area (Å²) in [6, 6.07) is 21.8. The van der Waals surface area contributed by atoms with E-state index in [9.17, 15) is 0 Å². The van der Waals surface area contributed by atoms with Crippen molar-refractivity contribution < 1.29 is 0 Å². The lowest BCUT2D eigenvalue weighted by Crippen LogP contribution is -2.28. The van der Waals surface area contributed by atoms with Crippen LogP contribution in [0, 0.1) is 0 Å². The molecule has 1 aromatic heterocycles. The maximum Gasteiger partial charge on any atom is 0.171 e. The molecule has 3 nitrogen and oxygen atoms in total. The molecule has 25 heavy (non-hydrogen) atoms. The van der Waals surface area contributed by atoms with E-state index in [2.05, 4.69) is 27.8 Å². The quantitative estimate of drug-likeness (QED) is 0.577. The molecule has 3 rings (SSSR count). The second-order valence-corrected chi connectivity index (χ2v) is 7.11. The first-order valence-corrected chi connectivity index (χ1v) is 9.28. The number of benzene rings is 2. The lowest BCUT2D eigenvalue weighted by atomic mass is 10.2. The number of anilines is 1. The van der Waals surface area contributed by atoms with Crippen molar-refractivity contribution in [1.82, 2.24) is 10.3 Å². The summed E-state index contributed by atoms with van der Waals surface area (Å²) in [5.41, 5.74) is 1.84. The molecule has 0 fully saturated rings. The van der Waals surface area contributed by atoms with Crippen molar-refractivity contribution in [2.24, 2.45) is 0 Å². The molecule has 0 amide bonds. The molecule has 0 radical (unpaired) electrons. The Balaban J connectivity index is 1.52. The first-order chi connectivity index (χ1) is 12.2. The summed E-state index contributed by atoms with van der Waals surface area (Å²) in [5, 5.41) is 8.47. The predicted octanol–water partition coefficient (Wildman–Crippen LogP) is 5.37. The third-order valence-electron chi connectivity index (χ3n) is 3.36. The molecule has 0 unspecified atom stereocenters. The number of hydrogen-bond acceptors (Lipinski definition) is 3. The van der Waals surface area contributed by atoms with Crippen LogP contribution in [-0.2, 0) is 6.54 Å². The molecule has 2 aromatic carbocycles. The van der Waals surface area contributed by atoms with E-state index in [4.69, 9.17) is 23.8 Å². The van der Waals surface area contributed by atoms with E-state index in [0.717, 1.165) is 26.2 Å². The minimum Gasteiger partial charge on any atom is -0.358 e. The maximum atomic E-state index is 6.14. The minimum atomic E-state index is 0.533. The molecule has 3 aromatic rings. The maximum absolute atomic E-state index is 6.14. The Labute approximate surface area is 161 Å². The number of aromatic nitrogens is 1. The predicted molar refractivity (Wildman–Crippen MR) is 109 cm³/mol. The van der Waals surface area contributed by atoms with Crippen LogP contribution in [0.2, 0.25) is 5.02 Å². The van der Waals surface area contributed by atoms with Crippen LogP contribution >= 0.6 is 35.6 Å². The van der Waals surface area contributed by atoms with Crippen LogP contribution in [0.15, 0.2) is 82.8 Å². The van der Waals surface area contributed by atoms with Gasteiger partial charge in [0.15, 0.2) is 5.11 Å². The van der Waals surface area contributed by atoms with Crippen LogP contribution in [0.25, 0.3) is 0 Å². The molecule has 0 atom stereocenters. The van der Waals surface area contributed by atoms with Gasteiger partial charge in [-0.05, 0) is 48.1 Å². The molecule has 0 spiro atoms. The van der Waals surface area contributed by atoms with E-state index in [1.807, 2.05) is 54.6 Å². The van der Waals surface area contributed by atoms with Gasteiger partial charge in [-0.15, -0.1) is 0 Å². The summed E-state index contributed by atoms with van der Waals surface area (Å²) >= 11 is 13.1. The smallest absolute Gasteiger partial charge is 0.171 e. The highest BCUT2D eigenvalue weighted by atomic mass is 35.5. The van der Waals surface area contributed by atoms with Crippen molar-refractivity contribution in [3.8, 4) is 0 Å². The van der Waals surface area contributed by atoms with Gasteiger partial charge in [0, 0.05) is 16.5 Å². The minimum absolute atomic E-state index is 0.533. The van der Waals surface area contributed by atoms with Crippen molar-refractivity contribution in [2.75, 3.05) is 5.32 Å². The summed E-state index contributed by atoms with van der Waals surface area (Å²) in [5.74, 6) is 0. The van der Waals surface area contributed by atoms with Gasteiger partial charge < -0.3 is 10.6 Å². The lowest BCUT2D eigenvalue weighted by molar-refractivity contribution is 0.925. The zero-order valence-corrected chi connectivity index (χ0v) is 15.7. The van der Waals surface area contributed by atoms with E-state index in [0.29, 0.717) is 11.7 Å². The lowest BCUT2D eigenvalue weighted by Gasteiger charge is -2.11. The first-order valence-electron chi connectivity index (χ1n) is 7.68. The Kier molecular flexibility index (Phi) is 6.28. The van der Waals surface area contributed by atoms with E-state index in [-0.39, 0.29) is 0 Å². The average molecular weight is 386 g/mol. The summed E-state index contributed by atoms with van der Waals surface area (Å²) in [7, 11) is 0. The Bertz CT molecular complexity index is 839. The largest absolute Gasteiger partial charge is 0.358 e. The molecule has 1 heterocycles. The van der Waals surface area contributed by atoms with E-state index >= 15 is 0 Å². The van der Waals surface area contributed by atoms with Gasteiger partial charge in [-0.2, -0.15) is 0 Å². The highest BCUT2D eigenvalue weighted by Crippen LogP contribution is 2.26. The number of hydrogen-bond donors (Lipinski definition) is 2. The van der Waals surface area contributed by atoms with Gasteiger partial charge in [-0.3, -0.25) is 0 Å². The fraction of sp³-hybridized carbons (Fsp3) is 0.0526. The van der Waals surface area contributed by atoms with Crippen molar-refractivity contribution >= 4 is 46.4 Å². The molecule has 0 saturated carbocycles. The number of nitrogens with zero attached hydrogens (tertiary/aromatic N) is 1. The van der Waals surface area contributed by atoms with Crippen LogP contribution in [-0.4, -0.2) is 10.1 Å². The highest BCUT2D eigenvalue weighted by molar-refractivity contribution is 7.99. The fourth-order valence-corrected chi connectivity index (χ4v) is 3.29. The Morgan fingerprint density at radius 3 is 2.48 bits per heavy atom. The summed E-state index contributed by atoms with van der Waals surface area (Å²) in [6.45, 7) is 0.570. The third kappa shape index (κ3) is 5.46. The summed E-state index contributed by atoms with van der Waals surface area (Å²) < 4.78 is 0. The van der Waals surface area contributed by atoms with Crippen molar-refractivity contribution in [1.29, 1.82) is 0 Å². The average Bonchev–Trinajstić information content (AvgIpc) is 2.64. The first kappa shape index (κ1) is 17.7. The SMILES string of the molecule is S=C(NCc1ccccc1Cl)Nc1ccc(Sc2ccccc2)nc1. The Morgan fingerprint density at radius 1 is 1.00 bits per heavy atom. The fourth-order valence-electron chi connectivity index (χ4n) is 2.12. The zero-order valence-electron chi connectivity index (χ0n) is 13.3. The van der Waals surface area contributed by atoms with Crippen LogP contribution in [0.5, 0.6) is 0 Å². The number of halogens is 1. The second-order valence-electron chi connectivity index (χ2n) is 5.20. The Hall–Kier alpha value is -2.08. The number of nitrogens with one attached hydrogen (secondary N) is 2. The van der Waals surface area contributed by atoms with Gasteiger partial charge in [0.05, 0.1) is 11.9 Å². The standard InChI is InChI=1S/C19H16ClN3S2/c20-17-9-5-4-6-14(17)12-22-19(24)23-15-10-11-18(21-13-15)25-16-7-2-1-3-8-16/h1-11,13H,12H2,(H2,22,23,24). The molecule has 0 bridgehead atoms. The van der Waals surface area contributed by atoms with Crippen LogP contribution in [0.3, 0.4) is 0 Å². The van der Waals surface area contributed by atoms with Gasteiger partial charge in [-0.1, -0.05) is 59.8 Å². The molecule has 0 saturated heterocycles. The zero-order chi connectivity index (χ0) is 17.5. The number of pyridine rings is 1. The van der Waals surface area contributed by atoms with Gasteiger partial charge in [0.25, 0.3) is 0 Å². The molecular weight excluding hydrogens is 370 g/mol. The van der Waals surface area contributed by atoms with E-state index in [1.165, 1.54) is 0 Å². The van der Waals surface area contributed by atoms with Gasteiger partial charge in [0.1, 0.15) is 5.03 Å². The molecule has 0 aliphatic heterocycles. The normalized spacial score (nSPS) is 10.3. The van der Waals surface area contributed by atoms with Crippen LogP contribution < -0.4 is 10.6 Å². The van der Waals surface area contributed by atoms with Crippen LogP contribution in [0.4, 0.5) is 5.69 Å². The molecule has 0 aliphatic rings. The monoisotopic (exact) mass is 385 g/mol. The van der Waals surface area contributed by atoms with Crippen molar-refractivity contribution in [3.63, 3.8) is 0 Å². The molecule has 126 valence electrons. The van der Waals surface area contributed by atoms with Crippen molar-refractivity contribution in [2.45, 2.75) is 16.5 Å². The second kappa shape index (κ2) is 8.85. The number of thiocarbonyl (C=S) groups is 1. The molecular formula is C19H16ClN3S2. The van der Waals surface area contributed by atoms with Crippen molar-refractivity contribution in [3.05, 3.63) is 83.5 Å². The molecule has 6 heteroatoms. The topological polar surface area (TPSA) is 37.0 Å². The Morgan fingerprint density at radius 2 is 1.76 bits per heavy atom. The third-order valence-corrected chi connectivity index (χ3v) is 4.93. The van der Waals surface area contributed by atoms with E-state index in [1.54, 1.807) is 18.0 Å². The molecule has 0 aliphatic carbocycles. The summed E-state index contributed by atoms with van der Waals surface area (Å²) in [4.78, 5) is 5.61. The summed E-state index contributed by atoms with van der Waals surface area (Å²) in [6.07, 6.45) is 1.77.